The Labute approximate surface area is 120 Å². The molecule has 0 aromatic carbocycles. The van der Waals surface area contributed by atoms with Crippen LogP contribution in [0.4, 0.5) is 0 Å². The predicted molar refractivity (Wildman–Crippen MR) is 83.2 cm³/mol. The summed E-state index contributed by atoms with van der Waals surface area (Å²) in [6.07, 6.45) is 11.0. The average Bonchev–Trinajstić information content (AvgIpc) is 2.60. The van der Waals surface area contributed by atoms with Gasteiger partial charge in [-0.2, -0.15) is 0 Å². The Morgan fingerprint density at radius 2 is 1.95 bits per heavy atom. The van der Waals surface area contributed by atoms with E-state index in [9.17, 15) is 0 Å². The van der Waals surface area contributed by atoms with Gasteiger partial charge >= 0.3 is 0 Å². The van der Waals surface area contributed by atoms with Gasteiger partial charge in [0.15, 0.2) is 0 Å². The lowest BCUT2D eigenvalue weighted by Gasteiger charge is -2.36. The summed E-state index contributed by atoms with van der Waals surface area (Å²) in [4.78, 5) is 2.72. The van der Waals surface area contributed by atoms with Gasteiger partial charge in [0, 0.05) is 12.6 Å². The first-order chi connectivity index (χ1) is 9.19. The second-order valence-electron chi connectivity index (χ2n) is 7.23. The number of nitrogens with zero attached hydrogens (tertiary/aromatic N) is 1. The summed E-state index contributed by atoms with van der Waals surface area (Å²) < 4.78 is 0. The summed E-state index contributed by atoms with van der Waals surface area (Å²) in [6, 6.07) is 0.464. The molecule has 1 saturated carbocycles. The second-order valence-corrected chi connectivity index (χ2v) is 7.23. The lowest BCUT2D eigenvalue weighted by molar-refractivity contribution is 0.163. The Morgan fingerprint density at radius 3 is 2.74 bits per heavy atom. The third-order valence-electron chi connectivity index (χ3n) is 5.43. The van der Waals surface area contributed by atoms with Crippen LogP contribution in [0.1, 0.15) is 65.2 Å². The van der Waals surface area contributed by atoms with Crippen molar-refractivity contribution in [2.45, 2.75) is 71.3 Å². The summed E-state index contributed by atoms with van der Waals surface area (Å²) in [5.74, 6) is 2.64. The highest BCUT2D eigenvalue weighted by Crippen LogP contribution is 2.30. The monoisotopic (exact) mass is 266 g/mol. The molecule has 0 bridgehead atoms. The van der Waals surface area contributed by atoms with Crippen LogP contribution in [0.3, 0.4) is 0 Å². The molecule has 0 aromatic heterocycles. The molecule has 0 amide bonds. The minimum Gasteiger partial charge on any atom is -0.327 e. The van der Waals surface area contributed by atoms with E-state index in [1.165, 1.54) is 71.0 Å². The van der Waals surface area contributed by atoms with Gasteiger partial charge < -0.3 is 10.6 Å². The Hall–Kier alpha value is -0.0800. The molecule has 2 aliphatic rings. The fourth-order valence-corrected chi connectivity index (χ4v) is 4.17. The molecule has 1 aliphatic carbocycles. The fourth-order valence-electron chi connectivity index (χ4n) is 4.17. The number of hydrogen-bond acceptors (Lipinski definition) is 2. The molecule has 4 atom stereocenters. The normalized spacial score (nSPS) is 38.1. The van der Waals surface area contributed by atoms with Crippen molar-refractivity contribution in [1.82, 2.24) is 4.90 Å². The summed E-state index contributed by atoms with van der Waals surface area (Å²) in [6.45, 7) is 8.63. The van der Waals surface area contributed by atoms with Crippen LogP contribution in [-0.4, -0.2) is 30.6 Å². The molecule has 2 nitrogen and oxygen atoms in total. The van der Waals surface area contributed by atoms with Gasteiger partial charge in [-0.1, -0.05) is 26.7 Å². The van der Waals surface area contributed by atoms with Gasteiger partial charge in [-0.3, -0.25) is 0 Å². The standard InChI is InChI=1S/C17H34N2/c1-3-5-15-6-4-10-19(11-9-15)13-16-12-14(2)7-8-17(16)18/h14-17H,3-13,18H2,1-2H3. The number of hydrogen-bond donors (Lipinski definition) is 1. The summed E-state index contributed by atoms with van der Waals surface area (Å²) in [7, 11) is 0. The molecule has 1 saturated heterocycles. The van der Waals surface area contributed by atoms with E-state index in [-0.39, 0.29) is 0 Å². The molecule has 2 fully saturated rings. The Kier molecular flexibility index (Phi) is 6.15. The topological polar surface area (TPSA) is 29.3 Å². The molecule has 19 heavy (non-hydrogen) atoms. The molecule has 0 radical (unpaired) electrons. The van der Waals surface area contributed by atoms with Gasteiger partial charge in [0.1, 0.15) is 0 Å². The second kappa shape index (κ2) is 7.64. The van der Waals surface area contributed by atoms with E-state index in [2.05, 4.69) is 18.7 Å². The van der Waals surface area contributed by atoms with Crippen molar-refractivity contribution >= 4 is 0 Å². The summed E-state index contributed by atoms with van der Waals surface area (Å²) in [5.41, 5.74) is 6.35. The lowest BCUT2D eigenvalue weighted by atomic mass is 9.79. The van der Waals surface area contributed by atoms with E-state index >= 15 is 0 Å². The first-order valence-corrected chi connectivity index (χ1v) is 8.67. The van der Waals surface area contributed by atoms with E-state index in [4.69, 9.17) is 5.73 Å². The van der Waals surface area contributed by atoms with Crippen LogP contribution in [0, 0.1) is 17.8 Å². The number of likely N-dealkylation sites (tertiary alicyclic amines) is 1. The third-order valence-corrected chi connectivity index (χ3v) is 5.43. The maximum Gasteiger partial charge on any atom is 0.00795 e. The van der Waals surface area contributed by atoms with E-state index in [0.717, 1.165) is 17.8 Å². The minimum atomic E-state index is 0.464. The Morgan fingerprint density at radius 1 is 1.11 bits per heavy atom. The van der Waals surface area contributed by atoms with Crippen molar-refractivity contribution in [2.75, 3.05) is 19.6 Å². The smallest absolute Gasteiger partial charge is 0.00795 e. The molecular formula is C17H34N2. The maximum atomic E-state index is 6.35. The zero-order valence-corrected chi connectivity index (χ0v) is 13.1. The van der Waals surface area contributed by atoms with Crippen molar-refractivity contribution in [2.24, 2.45) is 23.5 Å². The number of rotatable bonds is 4. The van der Waals surface area contributed by atoms with Crippen LogP contribution in [0.15, 0.2) is 0 Å². The molecule has 112 valence electrons. The van der Waals surface area contributed by atoms with Crippen molar-refractivity contribution in [3.05, 3.63) is 0 Å². The maximum absolute atomic E-state index is 6.35. The van der Waals surface area contributed by atoms with E-state index in [0.29, 0.717) is 6.04 Å². The molecular weight excluding hydrogens is 232 g/mol. The minimum absolute atomic E-state index is 0.464. The van der Waals surface area contributed by atoms with Gasteiger partial charge in [-0.05, 0) is 69.4 Å². The SMILES string of the molecule is CCCC1CCCN(CC2CC(C)CCC2N)CC1. The van der Waals surface area contributed by atoms with Crippen LogP contribution >= 0.6 is 0 Å². The first kappa shape index (κ1) is 15.3. The highest BCUT2D eigenvalue weighted by Gasteiger charge is 2.28. The van der Waals surface area contributed by atoms with Crippen LogP contribution in [-0.2, 0) is 0 Å². The van der Waals surface area contributed by atoms with Crippen LogP contribution in [0.5, 0.6) is 0 Å². The van der Waals surface area contributed by atoms with Crippen LogP contribution < -0.4 is 5.73 Å². The lowest BCUT2D eigenvalue weighted by Crippen LogP contribution is -2.43. The van der Waals surface area contributed by atoms with Gasteiger partial charge in [-0.25, -0.2) is 0 Å². The molecule has 0 aromatic rings. The van der Waals surface area contributed by atoms with Gasteiger partial charge in [-0.15, -0.1) is 0 Å². The number of nitrogens with two attached hydrogens (primary N) is 1. The highest BCUT2D eigenvalue weighted by molar-refractivity contribution is 4.84. The van der Waals surface area contributed by atoms with Gasteiger partial charge in [0.25, 0.3) is 0 Å². The molecule has 0 spiro atoms. The molecule has 2 rings (SSSR count). The molecule has 1 aliphatic heterocycles. The van der Waals surface area contributed by atoms with E-state index in [1.807, 2.05) is 0 Å². The third kappa shape index (κ3) is 4.75. The highest BCUT2D eigenvalue weighted by atomic mass is 15.1. The molecule has 4 unspecified atom stereocenters. The predicted octanol–water partition coefficient (Wildman–Crippen LogP) is 3.65. The summed E-state index contributed by atoms with van der Waals surface area (Å²) >= 11 is 0. The van der Waals surface area contributed by atoms with Gasteiger partial charge in [0.2, 0.25) is 0 Å². The van der Waals surface area contributed by atoms with Crippen molar-refractivity contribution in [3.8, 4) is 0 Å². The Bertz CT molecular complexity index is 254. The molecule has 2 N–H and O–H groups in total. The van der Waals surface area contributed by atoms with Gasteiger partial charge in [0.05, 0.1) is 0 Å². The fraction of sp³-hybridized carbons (Fsp3) is 1.00. The first-order valence-electron chi connectivity index (χ1n) is 8.67. The zero-order valence-electron chi connectivity index (χ0n) is 13.1. The average molecular weight is 266 g/mol. The van der Waals surface area contributed by atoms with Crippen LogP contribution in [0.25, 0.3) is 0 Å². The quantitative estimate of drug-likeness (QED) is 0.841. The largest absolute Gasteiger partial charge is 0.327 e. The molecule has 2 heteroatoms. The van der Waals surface area contributed by atoms with E-state index < -0.39 is 0 Å². The van der Waals surface area contributed by atoms with E-state index in [1.54, 1.807) is 0 Å². The Balaban J connectivity index is 1.78. The van der Waals surface area contributed by atoms with Crippen LogP contribution in [0.2, 0.25) is 0 Å². The summed E-state index contributed by atoms with van der Waals surface area (Å²) in [5, 5.41) is 0. The zero-order chi connectivity index (χ0) is 13.7. The van der Waals surface area contributed by atoms with Crippen molar-refractivity contribution in [3.63, 3.8) is 0 Å². The van der Waals surface area contributed by atoms with Crippen molar-refractivity contribution in [1.29, 1.82) is 0 Å². The van der Waals surface area contributed by atoms with Crippen molar-refractivity contribution < 1.29 is 0 Å². The molecule has 1 heterocycles.